The summed E-state index contributed by atoms with van der Waals surface area (Å²) in [5.41, 5.74) is 6.16. The predicted molar refractivity (Wildman–Crippen MR) is 209 cm³/mol. The average Bonchev–Trinajstić information content (AvgIpc) is 3.79. The Bertz CT molecular complexity index is 2190. The lowest BCUT2D eigenvalue weighted by molar-refractivity contribution is -0.136. The van der Waals surface area contributed by atoms with Crippen molar-refractivity contribution < 1.29 is 24.0 Å². The Hall–Kier alpha value is -5.25. The first-order chi connectivity index (χ1) is 26.8. The molecule has 13 heteroatoms. The minimum absolute atomic E-state index is 0.0355. The number of benzene rings is 3. The Kier molecular flexibility index (Phi) is 8.74. The van der Waals surface area contributed by atoms with Gasteiger partial charge in [-0.3, -0.25) is 39.1 Å². The van der Waals surface area contributed by atoms with E-state index in [1.165, 1.54) is 0 Å². The number of nitriles is 1. The molecular formula is C43H44ClN7O5. The summed E-state index contributed by atoms with van der Waals surface area (Å²) in [5.74, 6) is -1.95. The molecule has 288 valence electrons. The van der Waals surface area contributed by atoms with Crippen LogP contribution in [-0.4, -0.2) is 95.6 Å². The number of nitrogens with zero attached hydrogens (tertiary/aromatic N) is 6. The number of rotatable bonds is 6. The van der Waals surface area contributed by atoms with Gasteiger partial charge < -0.3 is 14.7 Å². The van der Waals surface area contributed by atoms with Crippen LogP contribution in [0.5, 0.6) is 0 Å². The zero-order valence-corrected chi connectivity index (χ0v) is 32.4. The van der Waals surface area contributed by atoms with Crippen LogP contribution >= 0.6 is 11.6 Å². The number of imide groups is 2. The fraction of sp³-hybridized carbons (Fsp3) is 0.442. The molecule has 1 N–H and O–H groups in total. The maximum absolute atomic E-state index is 13.5. The van der Waals surface area contributed by atoms with Crippen LogP contribution in [0.25, 0.3) is 0 Å². The van der Waals surface area contributed by atoms with Crippen molar-refractivity contribution in [2.45, 2.75) is 71.1 Å². The molecule has 0 bridgehead atoms. The first-order valence-corrected chi connectivity index (χ1v) is 19.9. The van der Waals surface area contributed by atoms with E-state index in [9.17, 15) is 29.2 Å². The smallest absolute Gasteiger partial charge is 0.262 e. The van der Waals surface area contributed by atoms with Crippen LogP contribution in [0.2, 0.25) is 5.02 Å². The minimum Gasteiger partial charge on any atom is -0.371 e. The van der Waals surface area contributed by atoms with E-state index in [2.05, 4.69) is 52.1 Å². The fourth-order valence-corrected chi connectivity index (χ4v) is 10.5. The molecule has 4 fully saturated rings. The Morgan fingerprint density at radius 1 is 0.911 bits per heavy atom. The number of nitrogens with one attached hydrogen (secondary N) is 1. The van der Waals surface area contributed by atoms with Gasteiger partial charge >= 0.3 is 0 Å². The third-order valence-electron chi connectivity index (χ3n) is 13.1. The number of carbonyl (C=O) groups excluding carboxylic acids is 5. The van der Waals surface area contributed by atoms with E-state index in [1.54, 1.807) is 12.1 Å². The Balaban J connectivity index is 0.765. The van der Waals surface area contributed by atoms with Crippen LogP contribution in [0.15, 0.2) is 54.6 Å². The number of amides is 5. The zero-order chi connectivity index (χ0) is 39.1. The van der Waals surface area contributed by atoms with Gasteiger partial charge in [-0.2, -0.15) is 5.26 Å². The lowest BCUT2D eigenvalue weighted by atomic mass is 9.76. The number of likely N-dealkylation sites (tertiary alicyclic amines) is 1. The van der Waals surface area contributed by atoms with Crippen molar-refractivity contribution in [2.24, 2.45) is 10.8 Å². The number of hydrogen-bond acceptors (Lipinski definition) is 9. The molecule has 1 unspecified atom stereocenters. The molecule has 4 saturated heterocycles. The third-order valence-corrected chi connectivity index (χ3v) is 13.4. The number of hydrogen-bond donors (Lipinski definition) is 1. The molecule has 6 aliphatic heterocycles. The Morgan fingerprint density at radius 2 is 1.55 bits per heavy atom. The first kappa shape index (κ1) is 36.4. The van der Waals surface area contributed by atoms with Crippen LogP contribution in [0.1, 0.15) is 93.7 Å². The second-order valence-electron chi connectivity index (χ2n) is 17.2. The van der Waals surface area contributed by atoms with E-state index in [-0.39, 0.29) is 29.6 Å². The van der Waals surface area contributed by atoms with Crippen molar-refractivity contribution in [1.82, 2.24) is 20.0 Å². The van der Waals surface area contributed by atoms with Crippen LogP contribution in [0.4, 0.5) is 11.4 Å². The van der Waals surface area contributed by atoms with Gasteiger partial charge in [-0.25, -0.2) is 0 Å². The topological polar surface area (TPSA) is 137 Å². The van der Waals surface area contributed by atoms with Gasteiger partial charge in [-0.05, 0) is 104 Å². The normalized spacial score (nSPS) is 24.0. The first-order valence-electron chi connectivity index (χ1n) is 19.5. The SMILES string of the molecule is C[C@H]1CC2(CCN(c3ccc(C(=O)N4CC(C)(CN5Cc6cc7c(cc6C5)C(=O)N(C5CCC(=O)NC5=O)C7=O)C4)cc3)CC2)CN1c1ccc(C#N)c(Cl)c1. The highest BCUT2D eigenvalue weighted by molar-refractivity contribution is 6.32. The van der Waals surface area contributed by atoms with Crippen molar-refractivity contribution >= 4 is 52.5 Å². The average molecular weight is 774 g/mol. The van der Waals surface area contributed by atoms with E-state index in [4.69, 9.17) is 11.6 Å². The highest BCUT2D eigenvalue weighted by Gasteiger charge is 2.47. The predicted octanol–water partition coefficient (Wildman–Crippen LogP) is 4.98. The van der Waals surface area contributed by atoms with E-state index in [0.717, 1.165) is 72.8 Å². The van der Waals surface area contributed by atoms with Crippen molar-refractivity contribution in [2.75, 3.05) is 49.1 Å². The summed E-state index contributed by atoms with van der Waals surface area (Å²) in [6.45, 7) is 10.7. The minimum atomic E-state index is -0.978. The van der Waals surface area contributed by atoms with Crippen molar-refractivity contribution in [3.8, 4) is 6.07 Å². The summed E-state index contributed by atoms with van der Waals surface area (Å²) in [6, 6.07) is 18.9. The second kappa shape index (κ2) is 13.5. The molecule has 6 heterocycles. The van der Waals surface area contributed by atoms with Gasteiger partial charge in [0.15, 0.2) is 0 Å². The van der Waals surface area contributed by atoms with Gasteiger partial charge in [-0.15, -0.1) is 0 Å². The summed E-state index contributed by atoms with van der Waals surface area (Å²) < 4.78 is 0. The molecule has 0 saturated carbocycles. The van der Waals surface area contributed by atoms with Gasteiger partial charge in [-0.1, -0.05) is 18.5 Å². The zero-order valence-electron chi connectivity index (χ0n) is 31.6. The quantitative estimate of drug-likeness (QED) is 0.344. The summed E-state index contributed by atoms with van der Waals surface area (Å²) >= 11 is 6.37. The monoisotopic (exact) mass is 773 g/mol. The van der Waals surface area contributed by atoms with Crippen molar-refractivity contribution in [3.63, 3.8) is 0 Å². The molecule has 12 nitrogen and oxygen atoms in total. The van der Waals surface area contributed by atoms with Crippen LogP contribution < -0.4 is 15.1 Å². The summed E-state index contributed by atoms with van der Waals surface area (Å²) in [6.07, 6.45) is 3.53. The maximum atomic E-state index is 13.5. The lowest BCUT2D eigenvalue weighted by Gasteiger charge is -2.49. The van der Waals surface area contributed by atoms with Gasteiger partial charge in [0.2, 0.25) is 11.8 Å². The molecule has 1 spiro atoms. The Morgan fingerprint density at radius 3 is 2.16 bits per heavy atom. The molecule has 0 aliphatic carbocycles. The van der Waals surface area contributed by atoms with E-state index >= 15 is 0 Å². The number of fused-ring (bicyclic) bond motifs is 2. The molecule has 0 radical (unpaired) electrons. The van der Waals surface area contributed by atoms with E-state index in [1.807, 2.05) is 35.2 Å². The van der Waals surface area contributed by atoms with Crippen molar-refractivity contribution in [3.05, 3.63) is 93.0 Å². The molecule has 56 heavy (non-hydrogen) atoms. The van der Waals surface area contributed by atoms with Gasteiger partial charge in [0, 0.05) is 87.2 Å². The highest BCUT2D eigenvalue weighted by Crippen LogP contribution is 2.46. The fourth-order valence-electron chi connectivity index (χ4n) is 10.2. The standard InChI is InChI=1S/C43H44ClN7O5/c1-26-18-43(25-50(26)32-8-5-28(19-45)35(44)17-32)11-13-48(14-12-43)31-6-3-27(4-7-31)39(54)49-23-42(2,24-49)22-47-20-29-15-33-34(16-30(29)21-47)41(56)51(40(33)55)36-9-10-37(52)46-38(36)53/h3-8,15-17,26,36H,9-14,18,20-25H2,1-2H3,(H,46,52,53)/t26-,36?/m0/s1. The molecule has 5 amide bonds. The van der Waals surface area contributed by atoms with Crippen LogP contribution in [0.3, 0.4) is 0 Å². The third kappa shape index (κ3) is 6.21. The van der Waals surface area contributed by atoms with E-state index < -0.39 is 29.7 Å². The number of carbonyl (C=O) groups is 5. The Labute approximate surface area is 330 Å². The van der Waals surface area contributed by atoms with Gasteiger partial charge in [0.25, 0.3) is 17.7 Å². The van der Waals surface area contributed by atoms with Gasteiger partial charge in [0.05, 0.1) is 21.7 Å². The second-order valence-corrected chi connectivity index (χ2v) is 17.6. The molecule has 0 aromatic heterocycles. The van der Waals surface area contributed by atoms with Crippen LogP contribution in [0, 0.1) is 22.2 Å². The number of anilines is 2. The maximum Gasteiger partial charge on any atom is 0.262 e. The largest absolute Gasteiger partial charge is 0.371 e. The molecular weight excluding hydrogens is 730 g/mol. The van der Waals surface area contributed by atoms with Crippen LogP contribution in [-0.2, 0) is 22.7 Å². The molecule has 3 aromatic rings. The number of halogens is 1. The number of piperidine rings is 2. The molecule has 6 aliphatic rings. The van der Waals surface area contributed by atoms with E-state index in [0.29, 0.717) is 59.5 Å². The summed E-state index contributed by atoms with van der Waals surface area (Å²) in [5, 5.41) is 12.0. The summed E-state index contributed by atoms with van der Waals surface area (Å²) in [7, 11) is 0. The molecule has 3 aromatic carbocycles. The lowest BCUT2D eigenvalue weighted by Crippen LogP contribution is -2.60. The van der Waals surface area contributed by atoms with Crippen molar-refractivity contribution in [1.29, 1.82) is 5.26 Å². The summed E-state index contributed by atoms with van der Waals surface area (Å²) in [4.78, 5) is 74.3. The van der Waals surface area contributed by atoms with Gasteiger partial charge in [0.1, 0.15) is 12.1 Å². The molecule has 9 rings (SSSR count). The molecule has 2 atom stereocenters. The highest BCUT2D eigenvalue weighted by atomic mass is 35.5.